The van der Waals surface area contributed by atoms with E-state index in [9.17, 15) is 4.79 Å². The molecule has 2 N–H and O–H groups in total. The summed E-state index contributed by atoms with van der Waals surface area (Å²) < 4.78 is 1.72. The maximum atomic E-state index is 12.7. The fourth-order valence-electron chi connectivity index (χ4n) is 2.76. The molecule has 23 heavy (non-hydrogen) atoms. The summed E-state index contributed by atoms with van der Waals surface area (Å²) in [6.07, 6.45) is 8.32. The monoisotopic (exact) mass is 357 g/mol. The molecule has 0 aromatic carbocycles. The number of carbonyl (C=O) groups is 1. The van der Waals surface area contributed by atoms with Crippen LogP contribution < -0.4 is 5.73 Å². The molecule has 0 saturated carbocycles. The van der Waals surface area contributed by atoms with Crippen molar-refractivity contribution >= 4 is 30.7 Å². The number of hydrogen-bond donors (Lipinski definition) is 1. The van der Waals surface area contributed by atoms with E-state index in [4.69, 9.17) is 5.73 Å². The molecule has 126 valence electrons. The summed E-state index contributed by atoms with van der Waals surface area (Å²) in [5.74, 6) is -0.0424. The first-order valence-electron chi connectivity index (χ1n) is 7.26. The molecule has 1 unspecified atom stereocenters. The van der Waals surface area contributed by atoms with E-state index in [0.717, 1.165) is 31.5 Å². The van der Waals surface area contributed by atoms with Gasteiger partial charge in [0.15, 0.2) is 0 Å². The lowest BCUT2D eigenvalue weighted by Gasteiger charge is -2.34. The molecule has 1 saturated heterocycles. The third-order valence-electron chi connectivity index (χ3n) is 3.89. The van der Waals surface area contributed by atoms with Crippen molar-refractivity contribution in [1.29, 1.82) is 0 Å². The number of nitrogens with zero attached hydrogens (tertiary/aromatic N) is 4. The van der Waals surface area contributed by atoms with Crippen molar-refractivity contribution in [1.82, 2.24) is 19.7 Å². The normalized spacial score (nSPS) is 17.1. The molecule has 8 heteroatoms. The second kappa shape index (κ2) is 8.86. The predicted molar refractivity (Wildman–Crippen MR) is 93.6 cm³/mol. The van der Waals surface area contributed by atoms with Gasteiger partial charge in [-0.25, -0.2) is 4.68 Å². The minimum Gasteiger partial charge on any atom is -0.333 e. The van der Waals surface area contributed by atoms with Crippen molar-refractivity contribution in [2.45, 2.75) is 25.3 Å². The van der Waals surface area contributed by atoms with Crippen LogP contribution in [-0.4, -0.2) is 44.7 Å². The van der Waals surface area contributed by atoms with Gasteiger partial charge < -0.3 is 10.6 Å². The van der Waals surface area contributed by atoms with Crippen LogP contribution in [0.2, 0.25) is 0 Å². The largest absolute Gasteiger partial charge is 0.333 e. The van der Waals surface area contributed by atoms with E-state index in [1.165, 1.54) is 0 Å². The number of likely N-dealkylation sites (tertiary alicyclic amines) is 1. The summed E-state index contributed by atoms with van der Waals surface area (Å²) in [6, 6.07) is 5.58. The van der Waals surface area contributed by atoms with Gasteiger partial charge in [0.05, 0.1) is 5.69 Å². The maximum Gasteiger partial charge on any atom is 0.272 e. The SMILES string of the molecule is Cl.Cl.NCC1CCCCN1C(=O)c1cc(-n2cccn2)ccn1. The Labute approximate surface area is 147 Å². The van der Waals surface area contributed by atoms with Crippen LogP contribution in [0.1, 0.15) is 29.8 Å². The highest BCUT2D eigenvalue weighted by Gasteiger charge is 2.27. The quantitative estimate of drug-likeness (QED) is 0.911. The van der Waals surface area contributed by atoms with Gasteiger partial charge in [0.1, 0.15) is 5.69 Å². The van der Waals surface area contributed by atoms with Crippen LogP contribution in [-0.2, 0) is 0 Å². The molecule has 3 rings (SSSR count). The number of nitrogens with two attached hydrogens (primary N) is 1. The first-order chi connectivity index (χ1) is 10.3. The summed E-state index contributed by atoms with van der Waals surface area (Å²) in [7, 11) is 0. The minimum absolute atomic E-state index is 0. The van der Waals surface area contributed by atoms with Crippen molar-refractivity contribution in [2.75, 3.05) is 13.1 Å². The number of rotatable bonds is 3. The Morgan fingerprint density at radius 1 is 1.30 bits per heavy atom. The Balaban J connectivity index is 0.00000132. The average Bonchev–Trinajstić information content (AvgIpc) is 3.09. The van der Waals surface area contributed by atoms with Crippen molar-refractivity contribution in [3.8, 4) is 5.69 Å². The van der Waals surface area contributed by atoms with Gasteiger partial charge in [-0.15, -0.1) is 24.8 Å². The van der Waals surface area contributed by atoms with Crippen LogP contribution in [0.3, 0.4) is 0 Å². The fourth-order valence-corrected chi connectivity index (χ4v) is 2.76. The Hall–Kier alpha value is -1.63. The third-order valence-corrected chi connectivity index (χ3v) is 3.89. The van der Waals surface area contributed by atoms with E-state index in [-0.39, 0.29) is 36.8 Å². The lowest BCUT2D eigenvalue weighted by molar-refractivity contribution is 0.0617. The molecule has 0 spiro atoms. The smallest absolute Gasteiger partial charge is 0.272 e. The zero-order valence-electron chi connectivity index (χ0n) is 12.7. The number of hydrogen-bond acceptors (Lipinski definition) is 4. The minimum atomic E-state index is -0.0424. The molecule has 1 aliphatic heterocycles. The number of piperidine rings is 1. The zero-order chi connectivity index (χ0) is 14.7. The van der Waals surface area contributed by atoms with Crippen molar-refractivity contribution in [3.05, 3.63) is 42.5 Å². The van der Waals surface area contributed by atoms with Gasteiger partial charge in [-0.3, -0.25) is 9.78 Å². The standard InChI is InChI=1S/C15H19N5O.2ClH/c16-11-13-4-1-2-8-19(13)15(21)14-10-12(5-7-17-14)20-9-3-6-18-20;;/h3,5-7,9-10,13H,1-2,4,8,11,16H2;2*1H. The predicted octanol–water partition coefficient (Wildman–Crippen LogP) is 2.06. The van der Waals surface area contributed by atoms with Crippen molar-refractivity contribution < 1.29 is 4.79 Å². The number of carbonyl (C=O) groups excluding carboxylic acids is 1. The number of aromatic nitrogens is 3. The molecule has 3 heterocycles. The molecule has 1 aliphatic rings. The highest BCUT2D eigenvalue weighted by molar-refractivity contribution is 5.93. The van der Waals surface area contributed by atoms with Crippen LogP contribution in [0, 0.1) is 0 Å². The Kier molecular flexibility index (Phi) is 7.48. The molecular formula is C15H21Cl2N5O. The molecule has 6 nitrogen and oxygen atoms in total. The maximum absolute atomic E-state index is 12.7. The van der Waals surface area contributed by atoms with E-state index in [0.29, 0.717) is 12.2 Å². The van der Waals surface area contributed by atoms with Crippen molar-refractivity contribution in [2.24, 2.45) is 5.73 Å². The van der Waals surface area contributed by atoms with E-state index in [1.54, 1.807) is 23.1 Å². The first kappa shape index (κ1) is 19.4. The van der Waals surface area contributed by atoms with Gasteiger partial charge in [-0.05, 0) is 37.5 Å². The molecule has 0 aliphatic carbocycles. The molecule has 0 bridgehead atoms. The highest BCUT2D eigenvalue weighted by atomic mass is 35.5. The van der Waals surface area contributed by atoms with Gasteiger partial charge in [-0.1, -0.05) is 0 Å². The van der Waals surface area contributed by atoms with E-state index >= 15 is 0 Å². The molecule has 2 aromatic heterocycles. The summed E-state index contributed by atoms with van der Waals surface area (Å²) in [4.78, 5) is 18.7. The number of amides is 1. The Morgan fingerprint density at radius 2 is 2.13 bits per heavy atom. The van der Waals surface area contributed by atoms with Crippen molar-refractivity contribution in [3.63, 3.8) is 0 Å². The summed E-state index contributed by atoms with van der Waals surface area (Å²) in [5, 5.41) is 4.17. The number of halogens is 2. The highest BCUT2D eigenvalue weighted by Crippen LogP contribution is 2.19. The van der Waals surface area contributed by atoms with Crippen LogP contribution in [0.5, 0.6) is 0 Å². The first-order valence-corrected chi connectivity index (χ1v) is 7.26. The van der Waals surface area contributed by atoms with E-state index < -0.39 is 0 Å². The zero-order valence-corrected chi connectivity index (χ0v) is 14.3. The molecule has 2 aromatic rings. The lowest BCUT2D eigenvalue weighted by Crippen LogP contribution is -2.47. The van der Waals surface area contributed by atoms with Crippen LogP contribution in [0.15, 0.2) is 36.8 Å². The van der Waals surface area contributed by atoms with Gasteiger partial charge >= 0.3 is 0 Å². The second-order valence-corrected chi connectivity index (χ2v) is 5.23. The van der Waals surface area contributed by atoms with Gasteiger partial charge in [0.25, 0.3) is 5.91 Å². The molecular weight excluding hydrogens is 337 g/mol. The van der Waals surface area contributed by atoms with Gasteiger partial charge in [0, 0.05) is 37.7 Å². The van der Waals surface area contributed by atoms with Gasteiger partial charge in [-0.2, -0.15) is 5.10 Å². The van der Waals surface area contributed by atoms with Gasteiger partial charge in [0.2, 0.25) is 0 Å². The summed E-state index contributed by atoms with van der Waals surface area (Å²) in [6.45, 7) is 1.26. The number of pyridine rings is 1. The lowest BCUT2D eigenvalue weighted by atomic mass is 10.0. The average molecular weight is 358 g/mol. The molecule has 0 radical (unpaired) electrons. The van der Waals surface area contributed by atoms with Crippen LogP contribution in [0.4, 0.5) is 0 Å². The van der Waals surface area contributed by atoms with E-state index in [2.05, 4.69) is 10.1 Å². The van der Waals surface area contributed by atoms with E-state index in [1.807, 2.05) is 23.2 Å². The Bertz CT molecular complexity index is 620. The third kappa shape index (κ3) is 4.22. The summed E-state index contributed by atoms with van der Waals surface area (Å²) >= 11 is 0. The molecule has 1 fully saturated rings. The molecule has 1 amide bonds. The summed E-state index contributed by atoms with van der Waals surface area (Å²) in [5.41, 5.74) is 7.07. The second-order valence-electron chi connectivity index (χ2n) is 5.23. The fraction of sp³-hybridized carbons (Fsp3) is 0.400. The Morgan fingerprint density at radius 3 is 2.83 bits per heavy atom. The van der Waals surface area contributed by atoms with Crippen LogP contribution in [0.25, 0.3) is 5.69 Å². The van der Waals surface area contributed by atoms with Crippen LogP contribution >= 0.6 is 24.8 Å². The molecule has 1 atom stereocenters. The topological polar surface area (TPSA) is 77.0 Å².